The third kappa shape index (κ3) is 5.59. The molecule has 0 aromatic carbocycles. The first kappa shape index (κ1) is 17.3. The van der Waals surface area contributed by atoms with Gasteiger partial charge in [-0.05, 0) is 32.4 Å². The molecule has 0 aliphatic carbocycles. The topological polar surface area (TPSA) is 90.1 Å². The lowest BCUT2D eigenvalue weighted by Gasteiger charge is -2.32. The maximum Gasteiger partial charge on any atom is 0.260 e. The number of aromatic nitrogens is 2. The number of carbonyl (C=O) groups excluding carboxylic acids is 2. The van der Waals surface area contributed by atoms with Crippen molar-refractivity contribution in [2.75, 3.05) is 25.0 Å². The summed E-state index contributed by atoms with van der Waals surface area (Å²) < 4.78 is 26.7. The van der Waals surface area contributed by atoms with Gasteiger partial charge in [0, 0.05) is 18.7 Å². The van der Waals surface area contributed by atoms with Crippen molar-refractivity contribution in [1.82, 2.24) is 20.4 Å². The van der Waals surface area contributed by atoms with E-state index in [1.807, 2.05) is 0 Å². The minimum atomic E-state index is -2.63. The Balaban J connectivity index is 1.77. The van der Waals surface area contributed by atoms with Crippen LogP contribution in [-0.2, 0) is 9.59 Å². The Morgan fingerprint density at radius 2 is 2.39 bits per heavy atom. The van der Waals surface area contributed by atoms with Crippen LogP contribution in [0.25, 0.3) is 0 Å². The van der Waals surface area contributed by atoms with Crippen molar-refractivity contribution in [3.05, 3.63) is 12.3 Å². The van der Waals surface area contributed by atoms with Crippen LogP contribution in [0.4, 0.5) is 14.6 Å². The summed E-state index contributed by atoms with van der Waals surface area (Å²) in [5.74, 6) is -2.65. The van der Waals surface area contributed by atoms with E-state index >= 15 is 0 Å². The van der Waals surface area contributed by atoms with Gasteiger partial charge < -0.3 is 10.6 Å². The normalized spacial score (nSPS) is 19.0. The highest BCUT2D eigenvalue weighted by Gasteiger charge is 2.34. The Hall–Kier alpha value is -2.03. The molecule has 0 radical (unpaired) electrons. The molecule has 128 valence electrons. The third-order valence-electron chi connectivity index (χ3n) is 3.78. The number of nitrogens with zero attached hydrogens (tertiary/aromatic N) is 2. The van der Waals surface area contributed by atoms with Gasteiger partial charge in [0.1, 0.15) is 6.04 Å². The second-order valence-corrected chi connectivity index (χ2v) is 5.66. The van der Waals surface area contributed by atoms with Crippen molar-refractivity contribution in [3.8, 4) is 0 Å². The number of rotatable bonds is 8. The summed E-state index contributed by atoms with van der Waals surface area (Å²) in [6, 6.07) is 0.876. The summed E-state index contributed by atoms with van der Waals surface area (Å²) in [5.41, 5.74) is 0. The molecule has 9 heteroatoms. The van der Waals surface area contributed by atoms with Crippen molar-refractivity contribution in [1.29, 1.82) is 0 Å². The highest BCUT2D eigenvalue weighted by molar-refractivity contribution is 5.94. The van der Waals surface area contributed by atoms with Crippen LogP contribution in [0.1, 0.15) is 25.7 Å². The Labute approximate surface area is 132 Å². The second-order valence-electron chi connectivity index (χ2n) is 5.66. The lowest BCUT2D eigenvalue weighted by molar-refractivity contribution is -0.121. The molecule has 1 aromatic heterocycles. The quantitative estimate of drug-likeness (QED) is 0.620. The molecule has 2 amide bonds. The first-order chi connectivity index (χ1) is 11.0. The summed E-state index contributed by atoms with van der Waals surface area (Å²) in [6.45, 7) is 0.876. The minimum absolute atomic E-state index is 0.0646. The average molecular weight is 329 g/mol. The zero-order valence-corrected chi connectivity index (χ0v) is 12.7. The molecular formula is C14H21F2N5O2. The predicted octanol–water partition coefficient (Wildman–Crippen LogP) is 0.974. The molecule has 2 rings (SSSR count). The summed E-state index contributed by atoms with van der Waals surface area (Å²) in [7, 11) is 0. The number of amides is 2. The second kappa shape index (κ2) is 8.00. The zero-order chi connectivity index (χ0) is 16.7. The van der Waals surface area contributed by atoms with Crippen LogP contribution in [0.5, 0.6) is 0 Å². The number of aromatic amines is 1. The van der Waals surface area contributed by atoms with Crippen LogP contribution in [0, 0.1) is 0 Å². The molecule has 7 nitrogen and oxygen atoms in total. The van der Waals surface area contributed by atoms with Crippen molar-refractivity contribution in [3.63, 3.8) is 0 Å². The van der Waals surface area contributed by atoms with E-state index in [1.54, 1.807) is 17.2 Å². The third-order valence-corrected chi connectivity index (χ3v) is 3.78. The highest BCUT2D eigenvalue weighted by atomic mass is 19.3. The number of hydrogen-bond donors (Lipinski definition) is 3. The van der Waals surface area contributed by atoms with Crippen molar-refractivity contribution >= 4 is 18.1 Å². The molecule has 1 aromatic rings. The molecule has 23 heavy (non-hydrogen) atoms. The van der Waals surface area contributed by atoms with Crippen molar-refractivity contribution in [2.45, 2.75) is 37.6 Å². The minimum Gasteiger partial charge on any atom is -0.347 e. The number of H-pyrrole nitrogens is 1. The fraction of sp³-hybridized carbons (Fsp3) is 0.643. The highest BCUT2D eigenvalue weighted by Crippen LogP contribution is 2.26. The van der Waals surface area contributed by atoms with Gasteiger partial charge in [0.25, 0.3) is 5.92 Å². The van der Waals surface area contributed by atoms with Gasteiger partial charge in [-0.15, -0.1) is 0 Å². The van der Waals surface area contributed by atoms with Crippen molar-refractivity contribution in [2.24, 2.45) is 0 Å². The Morgan fingerprint density at radius 3 is 3.04 bits per heavy atom. The molecule has 1 unspecified atom stereocenters. The average Bonchev–Trinajstić information content (AvgIpc) is 2.98. The molecule has 0 spiro atoms. The van der Waals surface area contributed by atoms with Gasteiger partial charge in [-0.2, -0.15) is 5.10 Å². The number of likely N-dealkylation sites (tertiary alicyclic amines) is 1. The van der Waals surface area contributed by atoms with Crippen LogP contribution < -0.4 is 10.6 Å². The summed E-state index contributed by atoms with van der Waals surface area (Å²) in [6.07, 6.45) is 3.35. The monoisotopic (exact) mass is 329 g/mol. The van der Waals surface area contributed by atoms with Gasteiger partial charge in [-0.3, -0.25) is 19.6 Å². The molecule has 2 heterocycles. The fourth-order valence-electron chi connectivity index (χ4n) is 2.67. The molecule has 1 aliphatic heterocycles. The molecule has 1 aliphatic rings. The van der Waals surface area contributed by atoms with E-state index in [0.717, 1.165) is 0 Å². The van der Waals surface area contributed by atoms with Crippen molar-refractivity contribution < 1.29 is 18.4 Å². The van der Waals surface area contributed by atoms with Gasteiger partial charge in [0.15, 0.2) is 5.82 Å². The maximum atomic E-state index is 13.3. The Bertz CT molecular complexity index is 509. The predicted molar refractivity (Wildman–Crippen MR) is 80.1 cm³/mol. The van der Waals surface area contributed by atoms with Gasteiger partial charge in [0.05, 0.1) is 6.54 Å². The number of piperidine rings is 1. The number of carbonyl (C=O) groups is 2. The summed E-state index contributed by atoms with van der Waals surface area (Å²) >= 11 is 0. The van der Waals surface area contributed by atoms with Crippen LogP contribution >= 0.6 is 0 Å². The molecule has 0 saturated carbocycles. The largest absolute Gasteiger partial charge is 0.347 e. The van der Waals surface area contributed by atoms with Crippen LogP contribution in [0.3, 0.4) is 0 Å². The van der Waals surface area contributed by atoms with Crippen LogP contribution in [0.15, 0.2) is 12.3 Å². The summed E-state index contributed by atoms with van der Waals surface area (Å²) in [4.78, 5) is 24.4. The van der Waals surface area contributed by atoms with Crippen LogP contribution in [0.2, 0.25) is 0 Å². The molecular weight excluding hydrogens is 308 g/mol. The van der Waals surface area contributed by atoms with Crippen LogP contribution in [-0.4, -0.2) is 59.0 Å². The number of halogens is 2. The molecule has 1 saturated heterocycles. The van der Waals surface area contributed by atoms with Gasteiger partial charge in [-0.1, -0.05) is 0 Å². The zero-order valence-electron chi connectivity index (χ0n) is 12.7. The number of hydrogen-bond acceptors (Lipinski definition) is 4. The van der Waals surface area contributed by atoms with Gasteiger partial charge in [0.2, 0.25) is 12.3 Å². The lowest BCUT2D eigenvalue weighted by atomic mass is 10.1. The van der Waals surface area contributed by atoms with E-state index in [9.17, 15) is 18.4 Å². The number of anilines is 1. The standard InChI is InChI=1S/C14H21F2N5O2/c15-14(16)5-2-8-21(9-14)7-1-3-11(17-10-22)13(23)19-12-4-6-18-20-12/h4,6,10-11H,1-3,5,7-9H2,(H,17,22)(H2,18,19,20,23). The Kier molecular flexibility index (Phi) is 6.03. The molecule has 1 atom stereocenters. The smallest absolute Gasteiger partial charge is 0.260 e. The maximum absolute atomic E-state index is 13.3. The van der Waals surface area contributed by atoms with E-state index in [2.05, 4.69) is 20.8 Å². The van der Waals surface area contributed by atoms with Gasteiger partial charge in [-0.25, -0.2) is 8.78 Å². The molecule has 3 N–H and O–H groups in total. The fourth-order valence-corrected chi connectivity index (χ4v) is 2.67. The first-order valence-electron chi connectivity index (χ1n) is 7.61. The van der Waals surface area contributed by atoms with E-state index in [-0.39, 0.29) is 18.9 Å². The SMILES string of the molecule is O=CNC(CCCN1CCCC(F)(F)C1)C(=O)Nc1cc[nH]n1. The van der Waals surface area contributed by atoms with E-state index in [4.69, 9.17) is 0 Å². The molecule has 1 fully saturated rings. The van der Waals surface area contributed by atoms with Gasteiger partial charge >= 0.3 is 0 Å². The number of nitrogens with one attached hydrogen (secondary N) is 3. The first-order valence-corrected chi connectivity index (χ1v) is 7.61. The van der Waals surface area contributed by atoms with E-state index in [0.29, 0.717) is 44.6 Å². The number of alkyl halides is 2. The summed E-state index contributed by atoms with van der Waals surface area (Å²) in [5, 5.41) is 11.4. The molecule has 0 bridgehead atoms. The lowest BCUT2D eigenvalue weighted by Crippen LogP contribution is -2.44. The van der Waals surface area contributed by atoms with E-state index in [1.165, 1.54) is 0 Å². The van der Waals surface area contributed by atoms with E-state index < -0.39 is 12.0 Å². The Morgan fingerprint density at radius 1 is 1.57 bits per heavy atom.